The molecule has 110 valence electrons. The summed E-state index contributed by atoms with van der Waals surface area (Å²) in [5, 5.41) is 4.50. The van der Waals surface area contributed by atoms with Crippen LogP contribution in [0.4, 0.5) is 5.82 Å². The zero-order valence-electron chi connectivity index (χ0n) is 12.0. The van der Waals surface area contributed by atoms with Crippen LogP contribution in [0.3, 0.4) is 0 Å². The molecule has 0 spiro atoms. The highest BCUT2D eigenvalue weighted by Crippen LogP contribution is 2.28. The quantitative estimate of drug-likeness (QED) is 0.929. The van der Waals surface area contributed by atoms with Gasteiger partial charge in [0.15, 0.2) is 0 Å². The Morgan fingerprint density at radius 2 is 2.14 bits per heavy atom. The van der Waals surface area contributed by atoms with E-state index in [9.17, 15) is 0 Å². The molecule has 4 rings (SSSR count). The number of ether oxygens (including phenoxy) is 1. The van der Waals surface area contributed by atoms with Crippen LogP contribution in [0.25, 0.3) is 10.9 Å². The van der Waals surface area contributed by atoms with Gasteiger partial charge in [-0.05, 0) is 25.0 Å². The lowest BCUT2D eigenvalue weighted by Crippen LogP contribution is -2.46. The van der Waals surface area contributed by atoms with Gasteiger partial charge in [-0.1, -0.05) is 12.1 Å². The number of aromatic nitrogens is 2. The molecule has 0 bridgehead atoms. The largest absolute Gasteiger partial charge is 0.374 e. The Hall–Kier alpha value is -1.72. The van der Waals surface area contributed by atoms with E-state index in [1.54, 1.807) is 6.33 Å². The molecular weight excluding hydrogens is 264 g/mol. The number of nitrogens with one attached hydrogen (secondary N) is 1. The van der Waals surface area contributed by atoms with E-state index in [0.29, 0.717) is 0 Å². The number of anilines is 1. The van der Waals surface area contributed by atoms with Crippen LogP contribution in [0.2, 0.25) is 0 Å². The Morgan fingerprint density at radius 3 is 3.05 bits per heavy atom. The molecule has 1 atom stereocenters. The molecule has 5 heteroatoms. The Kier molecular flexibility index (Phi) is 3.45. The fourth-order valence-corrected chi connectivity index (χ4v) is 2.99. The molecule has 1 N–H and O–H groups in total. The van der Waals surface area contributed by atoms with Gasteiger partial charge in [-0.3, -0.25) is 4.90 Å². The predicted octanol–water partition coefficient (Wildman–Crippen LogP) is 1.90. The standard InChI is InChI=1S/C16H20N4O/c1-2-4-15-14(3-1)16(19-11-18-15)17-9-13-10-20(7-8-21-13)12-5-6-12/h1-4,11-13H,5-10H2,(H,17,18,19). The van der Waals surface area contributed by atoms with Crippen molar-refractivity contribution in [3.05, 3.63) is 30.6 Å². The second kappa shape index (κ2) is 5.58. The normalized spacial score (nSPS) is 23.3. The predicted molar refractivity (Wildman–Crippen MR) is 82.4 cm³/mol. The van der Waals surface area contributed by atoms with E-state index in [0.717, 1.165) is 49.0 Å². The maximum atomic E-state index is 5.87. The molecule has 1 saturated carbocycles. The van der Waals surface area contributed by atoms with Gasteiger partial charge in [-0.25, -0.2) is 9.97 Å². The van der Waals surface area contributed by atoms with Crippen molar-refractivity contribution in [3.63, 3.8) is 0 Å². The summed E-state index contributed by atoms with van der Waals surface area (Å²) in [6, 6.07) is 8.89. The summed E-state index contributed by atoms with van der Waals surface area (Å²) in [6.45, 7) is 3.75. The first-order valence-corrected chi connectivity index (χ1v) is 7.69. The first kappa shape index (κ1) is 13.0. The van der Waals surface area contributed by atoms with Crippen molar-refractivity contribution in [2.75, 3.05) is 31.6 Å². The van der Waals surface area contributed by atoms with E-state index in [-0.39, 0.29) is 6.10 Å². The maximum Gasteiger partial charge on any atom is 0.137 e. The zero-order chi connectivity index (χ0) is 14.1. The van der Waals surface area contributed by atoms with Crippen LogP contribution in [0.15, 0.2) is 30.6 Å². The van der Waals surface area contributed by atoms with Gasteiger partial charge >= 0.3 is 0 Å². The molecule has 2 heterocycles. The van der Waals surface area contributed by atoms with Gasteiger partial charge in [0.25, 0.3) is 0 Å². The van der Waals surface area contributed by atoms with E-state index >= 15 is 0 Å². The Labute approximate surface area is 124 Å². The van der Waals surface area contributed by atoms with E-state index in [1.807, 2.05) is 18.2 Å². The summed E-state index contributed by atoms with van der Waals surface area (Å²) < 4.78 is 5.87. The van der Waals surface area contributed by atoms with Crippen molar-refractivity contribution in [2.24, 2.45) is 0 Å². The molecule has 1 aromatic heterocycles. The summed E-state index contributed by atoms with van der Waals surface area (Å²) in [6.07, 6.45) is 4.57. The lowest BCUT2D eigenvalue weighted by molar-refractivity contribution is -0.0241. The fourth-order valence-electron chi connectivity index (χ4n) is 2.99. The van der Waals surface area contributed by atoms with Crippen LogP contribution in [-0.4, -0.2) is 53.3 Å². The Bertz CT molecular complexity index is 623. The van der Waals surface area contributed by atoms with Gasteiger partial charge in [0, 0.05) is 31.1 Å². The van der Waals surface area contributed by atoms with Gasteiger partial charge in [0.1, 0.15) is 12.1 Å². The number of para-hydroxylation sites is 1. The van der Waals surface area contributed by atoms with Crippen molar-refractivity contribution in [3.8, 4) is 0 Å². The van der Waals surface area contributed by atoms with Gasteiger partial charge in [0.05, 0.1) is 18.2 Å². The van der Waals surface area contributed by atoms with Crippen molar-refractivity contribution in [1.82, 2.24) is 14.9 Å². The number of hydrogen-bond acceptors (Lipinski definition) is 5. The first-order chi connectivity index (χ1) is 10.4. The second-order valence-corrected chi connectivity index (χ2v) is 5.84. The highest BCUT2D eigenvalue weighted by Gasteiger charge is 2.32. The summed E-state index contributed by atoms with van der Waals surface area (Å²) in [4.78, 5) is 11.2. The average molecular weight is 284 g/mol. The third kappa shape index (κ3) is 2.84. The van der Waals surface area contributed by atoms with Gasteiger partial charge in [-0.15, -0.1) is 0 Å². The molecule has 5 nitrogen and oxygen atoms in total. The van der Waals surface area contributed by atoms with Crippen LogP contribution < -0.4 is 5.32 Å². The van der Waals surface area contributed by atoms with Crippen LogP contribution >= 0.6 is 0 Å². The van der Waals surface area contributed by atoms with Crippen LogP contribution in [0.1, 0.15) is 12.8 Å². The number of nitrogens with zero attached hydrogens (tertiary/aromatic N) is 3. The maximum absolute atomic E-state index is 5.87. The molecule has 2 fully saturated rings. The van der Waals surface area contributed by atoms with Crippen molar-refractivity contribution in [2.45, 2.75) is 25.0 Å². The highest BCUT2D eigenvalue weighted by atomic mass is 16.5. The summed E-state index contributed by atoms with van der Waals surface area (Å²) >= 11 is 0. The van der Waals surface area contributed by atoms with Gasteiger partial charge < -0.3 is 10.1 Å². The Morgan fingerprint density at radius 1 is 1.24 bits per heavy atom. The molecule has 0 amide bonds. The first-order valence-electron chi connectivity index (χ1n) is 7.69. The second-order valence-electron chi connectivity index (χ2n) is 5.84. The van der Waals surface area contributed by atoms with Crippen molar-refractivity contribution < 1.29 is 4.74 Å². The fraction of sp³-hybridized carbons (Fsp3) is 0.500. The number of morpholine rings is 1. The minimum absolute atomic E-state index is 0.244. The number of hydrogen-bond donors (Lipinski definition) is 1. The van der Waals surface area contributed by atoms with Crippen LogP contribution in [0.5, 0.6) is 0 Å². The van der Waals surface area contributed by atoms with Crippen molar-refractivity contribution >= 4 is 16.7 Å². The molecule has 1 aromatic carbocycles. The smallest absolute Gasteiger partial charge is 0.137 e. The highest BCUT2D eigenvalue weighted by molar-refractivity contribution is 5.88. The summed E-state index contributed by atoms with van der Waals surface area (Å²) in [7, 11) is 0. The molecule has 1 aliphatic carbocycles. The average Bonchev–Trinajstić information content (AvgIpc) is 3.38. The topological polar surface area (TPSA) is 50.3 Å². The molecule has 21 heavy (non-hydrogen) atoms. The van der Waals surface area contributed by atoms with Crippen LogP contribution in [-0.2, 0) is 4.74 Å². The molecule has 1 saturated heterocycles. The monoisotopic (exact) mass is 284 g/mol. The van der Waals surface area contributed by atoms with E-state index in [4.69, 9.17) is 4.74 Å². The number of rotatable bonds is 4. The van der Waals surface area contributed by atoms with Crippen LogP contribution in [0, 0.1) is 0 Å². The lowest BCUT2D eigenvalue weighted by atomic mass is 10.2. The molecule has 1 aliphatic heterocycles. The molecule has 2 aromatic rings. The van der Waals surface area contributed by atoms with E-state index in [1.165, 1.54) is 12.8 Å². The number of benzene rings is 1. The SMILES string of the molecule is c1ccc2c(NCC3CN(C4CC4)CCO3)ncnc2c1. The van der Waals surface area contributed by atoms with Gasteiger partial charge in [0.2, 0.25) is 0 Å². The van der Waals surface area contributed by atoms with Gasteiger partial charge in [-0.2, -0.15) is 0 Å². The molecule has 1 unspecified atom stereocenters. The minimum Gasteiger partial charge on any atom is -0.374 e. The molecule has 0 radical (unpaired) electrons. The third-order valence-corrected chi connectivity index (χ3v) is 4.27. The van der Waals surface area contributed by atoms with E-state index in [2.05, 4.69) is 26.3 Å². The molecular formula is C16H20N4O. The van der Waals surface area contributed by atoms with Crippen molar-refractivity contribution in [1.29, 1.82) is 0 Å². The number of fused-ring (bicyclic) bond motifs is 1. The minimum atomic E-state index is 0.244. The zero-order valence-corrected chi connectivity index (χ0v) is 12.0. The summed E-state index contributed by atoms with van der Waals surface area (Å²) in [5.41, 5.74) is 0.971. The summed E-state index contributed by atoms with van der Waals surface area (Å²) in [5.74, 6) is 0.896. The molecule has 2 aliphatic rings. The lowest BCUT2D eigenvalue weighted by Gasteiger charge is -2.33. The van der Waals surface area contributed by atoms with E-state index < -0.39 is 0 Å². The third-order valence-electron chi connectivity index (χ3n) is 4.27. The Balaban J connectivity index is 1.43.